The van der Waals surface area contributed by atoms with Crippen molar-refractivity contribution in [3.05, 3.63) is 48.8 Å². The zero-order chi connectivity index (χ0) is 11.7. The summed E-state index contributed by atoms with van der Waals surface area (Å²) in [6, 6.07) is 5.18. The van der Waals surface area contributed by atoms with Gasteiger partial charge in [0.1, 0.15) is 10.7 Å². The highest BCUT2D eigenvalue weighted by molar-refractivity contribution is 9.10. The van der Waals surface area contributed by atoms with Crippen LogP contribution in [-0.4, -0.2) is 10.1 Å². The molecular formula is C10H6BrCl2NOS. The molecule has 0 aliphatic heterocycles. The lowest BCUT2D eigenvalue weighted by Crippen LogP contribution is -1.99. The van der Waals surface area contributed by atoms with Crippen molar-refractivity contribution in [2.75, 3.05) is 0 Å². The van der Waals surface area contributed by atoms with Crippen LogP contribution >= 0.6 is 50.5 Å². The molecule has 0 fully saturated rings. The van der Waals surface area contributed by atoms with Crippen molar-refractivity contribution in [2.45, 2.75) is 6.10 Å². The first-order valence-electron chi connectivity index (χ1n) is 4.32. The summed E-state index contributed by atoms with van der Waals surface area (Å²) < 4.78 is 0.626. The maximum absolute atomic E-state index is 10.2. The van der Waals surface area contributed by atoms with Gasteiger partial charge in [0, 0.05) is 5.56 Å². The number of thiazole rings is 1. The monoisotopic (exact) mass is 337 g/mol. The van der Waals surface area contributed by atoms with Crippen LogP contribution in [0.2, 0.25) is 10.0 Å². The number of halogens is 3. The Morgan fingerprint density at radius 3 is 2.75 bits per heavy atom. The molecule has 2 rings (SSSR count). The number of hydrogen-bond donors (Lipinski definition) is 1. The second kappa shape index (κ2) is 5.02. The first kappa shape index (κ1) is 12.3. The van der Waals surface area contributed by atoms with Gasteiger partial charge < -0.3 is 5.11 Å². The van der Waals surface area contributed by atoms with Crippen molar-refractivity contribution in [1.29, 1.82) is 0 Å². The summed E-state index contributed by atoms with van der Waals surface area (Å²) in [6.07, 6.45) is -0.812. The van der Waals surface area contributed by atoms with Gasteiger partial charge in [-0.25, -0.2) is 4.98 Å². The number of hydrogen-bond acceptors (Lipinski definition) is 3. The third-order valence-corrected chi connectivity index (χ3v) is 4.68. The topological polar surface area (TPSA) is 33.1 Å². The van der Waals surface area contributed by atoms with Crippen LogP contribution in [0.3, 0.4) is 0 Å². The van der Waals surface area contributed by atoms with Gasteiger partial charge in [0.05, 0.1) is 20.4 Å². The van der Waals surface area contributed by atoms with E-state index in [1.54, 1.807) is 23.7 Å². The molecule has 1 unspecified atom stereocenters. The van der Waals surface area contributed by atoms with E-state index in [1.165, 1.54) is 11.3 Å². The molecule has 1 heterocycles. The molecule has 0 bridgehead atoms. The van der Waals surface area contributed by atoms with Crippen molar-refractivity contribution in [3.8, 4) is 0 Å². The van der Waals surface area contributed by atoms with Crippen molar-refractivity contribution in [1.82, 2.24) is 4.98 Å². The fourth-order valence-corrected chi connectivity index (χ4v) is 3.12. The van der Waals surface area contributed by atoms with Gasteiger partial charge in [0.25, 0.3) is 0 Å². The zero-order valence-corrected chi connectivity index (χ0v) is 11.7. The lowest BCUT2D eigenvalue weighted by Gasteiger charge is -2.11. The third-order valence-electron chi connectivity index (χ3n) is 2.07. The standard InChI is InChI=1S/C10H6BrCl2NOS/c11-10-9(16-4-14-10)8(15)5-2-1-3-6(12)7(5)13/h1-4,8,15H. The SMILES string of the molecule is OC(c1cccc(Cl)c1Cl)c1scnc1Br. The van der Waals surface area contributed by atoms with Crippen LogP contribution in [0.4, 0.5) is 0 Å². The van der Waals surface area contributed by atoms with E-state index < -0.39 is 6.10 Å². The largest absolute Gasteiger partial charge is 0.383 e. The van der Waals surface area contributed by atoms with Gasteiger partial charge in [0.15, 0.2) is 0 Å². The number of nitrogens with zero attached hydrogens (tertiary/aromatic N) is 1. The molecule has 0 spiro atoms. The summed E-state index contributed by atoms with van der Waals surface area (Å²) in [7, 11) is 0. The van der Waals surface area contributed by atoms with Gasteiger partial charge in [-0.2, -0.15) is 0 Å². The molecule has 0 aliphatic rings. The van der Waals surface area contributed by atoms with E-state index in [0.29, 0.717) is 25.1 Å². The van der Waals surface area contributed by atoms with Crippen LogP contribution in [0.1, 0.15) is 16.5 Å². The van der Waals surface area contributed by atoms with Gasteiger partial charge in [-0.05, 0) is 22.0 Å². The molecule has 1 aromatic heterocycles. The fraction of sp³-hybridized carbons (Fsp3) is 0.100. The van der Waals surface area contributed by atoms with E-state index in [-0.39, 0.29) is 0 Å². The van der Waals surface area contributed by atoms with Crippen molar-refractivity contribution in [2.24, 2.45) is 0 Å². The van der Waals surface area contributed by atoms with E-state index in [9.17, 15) is 5.11 Å². The Kier molecular flexibility index (Phi) is 3.87. The predicted octanol–water partition coefficient (Wildman–Crippen LogP) is 4.29. The second-order valence-electron chi connectivity index (χ2n) is 3.05. The maximum Gasteiger partial charge on any atom is 0.123 e. The van der Waals surface area contributed by atoms with Crippen LogP contribution in [-0.2, 0) is 0 Å². The minimum atomic E-state index is -0.812. The average molecular weight is 339 g/mol. The summed E-state index contributed by atoms with van der Waals surface area (Å²) in [5, 5.41) is 11.0. The highest BCUT2D eigenvalue weighted by atomic mass is 79.9. The van der Waals surface area contributed by atoms with Crippen LogP contribution < -0.4 is 0 Å². The molecule has 2 aromatic rings. The molecule has 1 atom stereocenters. The average Bonchev–Trinajstić information content (AvgIpc) is 2.68. The van der Waals surface area contributed by atoms with Gasteiger partial charge in [-0.3, -0.25) is 0 Å². The van der Waals surface area contributed by atoms with Crippen LogP contribution in [0.15, 0.2) is 28.3 Å². The van der Waals surface area contributed by atoms with Gasteiger partial charge >= 0.3 is 0 Å². The van der Waals surface area contributed by atoms with Crippen LogP contribution in [0, 0.1) is 0 Å². The Balaban J connectivity index is 2.46. The number of aromatic nitrogens is 1. The summed E-state index contributed by atoms with van der Waals surface area (Å²) in [6.45, 7) is 0. The van der Waals surface area contributed by atoms with E-state index in [1.807, 2.05) is 0 Å². The molecule has 1 aromatic carbocycles. The highest BCUT2D eigenvalue weighted by Crippen LogP contribution is 2.36. The van der Waals surface area contributed by atoms with Crippen LogP contribution in [0.5, 0.6) is 0 Å². The molecule has 0 saturated carbocycles. The molecule has 0 amide bonds. The molecule has 0 saturated heterocycles. The van der Waals surface area contributed by atoms with E-state index >= 15 is 0 Å². The molecule has 16 heavy (non-hydrogen) atoms. The van der Waals surface area contributed by atoms with Crippen molar-refractivity contribution in [3.63, 3.8) is 0 Å². The van der Waals surface area contributed by atoms with E-state index in [4.69, 9.17) is 23.2 Å². The normalized spacial score (nSPS) is 12.8. The van der Waals surface area contributed by atoms with Gasteiger partial charge in [0.2, 0.25) is 0 Å². The van der Waals surface area contributed by atoms with Gasteiger partial charge in [-0.1, -0.05) is 35.3 Å². The van der Waals surface area contributed by atoms with Crippen LogP contribution in [0.25, 0.3) is 0 Å². The lowest BCUT2D eigenvalue weighted by molar-refractivity contribution is 0.223. The molecule has 2 nitrogen and oxygen atoms in total. The Hall–Kier alpha value is -0.130. The molecular weight excluding hydrogens is 333 g/mol. The Bertz CT molecular complexity index is 517. The first-order valence-corrected chi connectivity index (χ1v) is 6.75. The highest BCUT2D eigenvalue weighted by Gasteiger charge is 2.19. The summed E-state index contributed by atoms with van der Waals surface area (Å²) in [5.74, 6) is 0. The summed E-state index contributed by atoms with van der Waals surface area (Å²) >= 11 is 16.6. The van der Waals surface area contributed by atoms with E-state index in [0.717, 1.165) is 0 Å². The van der Waals surface area contributed by atoms with Crippen molar-refractivity contribution < 1.29 is 5.11 Å². The zero-order valence-electron chi connectivity index (χ0n) is 7.82. The predicted molar refractivity (Wildman–Crippen MR) is 70.3 cm³/mol. The molecule has 6 heteroatoms. The van der Waals surface area contributed by atoms with E-state index in [2.05, 4.69) is 20.9 Å². The number of benzene rings is 1. The molecule has 0 radical (unpaired) electrons. The number of rotatable bonds is 2. The van der Waals surface area contributed by atoms with Gasteiger partial charge in [-0.15, -0.1) is 11.3 Å². The first-order chi connectivity index (χ1) is 7.61. The maximum atomic E-state index is 10.2. The second-order valence-corrected chi connectivity index (χ2v) is 5.48. The number of aliphatic hydroxyl groups is 1. The third kappa shape index (κ3) is 2.26. The quantitative estimate of drug-likeness (QED) is 0.885. The Labute approximate surface area is 115 Å². The molecule has 1 N–H and O–H groups in total. The smallest absolute Gasteiger partial charge is 0.123 e. The molecule has 84 valence electrons. The van der Waals surface area contributed by atoms with Crippen molar-refractivity contribution >= 4 is 50.5 Å². The minimum absolute atomic E-state index is 0.372. The lowest BCUT2D eigenvalue weighted by atomic mass is 10.1. The minimum Gasteiger partial charge on any atom is -0.383 e. The molecule has 0 aliphatic carbocycles. The fourth-order valence-electron chi connectivity index (χ4n) is 1.29. The number of aliphatic hydroxyl groups excluding tert-OH is 1. The summed E-state index contributed by atoms with van der Waals surface area (Å²) in [5.41, 5.74) is 2.24. The Morgan fingerprint density at radius 1 is 1.38 bits per heavy atom. The Morgan fingerprint density at radius 2 is 2.12 bits per heavy atom. The summed E-state index contributed by atoms with van der Waals surface area (Å²) in [4.78, 5) is 4.73.